The van der Waals surface area contributed by atoms with E-state index in [1.807, 2.05) is 26.1 Å². The second-order valence-electron chi connectivity index (χ2n) is 4.22. The maximum atomic E-state index is 11.1. The Bertz CT molecular complexity index is 499. The predicted octanol–water partition coefficient (Wildman–Crippen LogP) is 1.23. The molecule has 0 aliphatic rings. The summed E-state index contributed by atoms with van der Waals surface area (Å²) in [5.41, 5.74) is 1.08. The van der Waals surface area contributed by atoms with Gasteiger partial charge in [0.2, 0.25) is 0 Å². The summed E-state index contributed by atoms with van der Waals surface area (Å²) in [6.07, 6.45) is 1.19. The first kappa shape index (κ1) is 15.8. The molecule has 0 bridgehead atoms. The van der Waals surface area contributed by atoms with Crippen molar-refractivity contribution in [1.29, 1.82) is 0 Å². The number of nitrogens with one attached hydrogen (secondary N) is 1. The lowest BCUT2D eigenvalue weighted by Crippen LogP contribution is -2.13. The van der Waals surface area contributed by atoms with Gasteiger partial charge >= 0.3 is 0 Å². The molecule has 1 aromatic rings. The molecule has 0 fully saturated rings. The van der Waals surface area contributed by atoms with E-state index in [9.17, 15) is 8.42 Å². The SMILES string of the molecule is CCOc1cc(CNC)ccc1OCCS(C)(=O)=O. The third kappa shape index (κ3) is 5.94. The molecule has 108 valence electrons. The third-order valence-corrected chi connectivity index (χ3v) is 3.31. The van der Waals surface area contributed by atoms with Crippen molar-refractivity contribution in [2.45, 2.75) is 13.5 Å². The van der Waals surface area contributed by atoms with Crippen molar-refractivity contribution in [3.63, 3.8) is 0 Å². The van der Waals surface area contributed by atoms with Crippen LogP contribution in [-0.2, 0) is 16.4 Å². The van der Waals surface area contributed by atoms with Crippen LogP contribution in [0.4, 0.5) is 0 Å². The number of hydrogen-bond donors (Lipinski definition) is 1. The first-order chi connectivity index (χ1) is 8.96. The molecule has 6 heteroatoms. The lowest BCUT2D eigenvalue weighted by molar-refractivity contribution is 0.288. The fourth-order valence-corrected chi connectivity index (χ4v) is 1.94. The standard InChI is InChI=1S/C13H21NO4S/c1-4-17-13-9-11(10-14-2)5-6-12(13)18-7-8-19(3,15)16/h5-6,9,14H,4,7-8,10H2,1-3H3. The molecule has 0 aromatic heterocycles. The predicted molar refractivity (Wildman–Crippen MR) is 75.6 cm³/mol. The van der Waals surface area contributed by atoms with Gasteiger partial charge in [0.1, 0.15) is 6.61 Å². The summed E-state index contributed by atoms with van der Waals surface area (Å²) in [4.78, 5) is 0. The van der Waals surface area contributed by atoms with Gasteiger partial charge in [-0.3, -0.25) is 0 Å². The maximum absolute atomic E-state index is 11.1. The van der Waals surface area contributed by atoms with Gasteiger partial charge in [-0.1, -0.05) is 6.07 Å². The van der Waals surface area contributed by atoms with E-state index in [0.29, 0.717) is 18.1 Å². The summed E-state index contributed by atoms with van der Waals surface area (Å²) >= 11 is 0. The molecule has 0 aliphatic carbocycles. The number of hydrogen-bond acceptors (Lipinski definition) is 5. The van der Waals surface area contributed by atoms with Gasteiger partial charge in [-0.25, -0.2) is 8.42 Å². The first-order valence-electron chi connectivity index (χ1n) is 6.17. The molecule has 0 saturated heterocycles. The highest BCUT2D eigenvalue weighted by molar-refractivity contribution is 7.90. The van der Waals surface area contributed by atoms with Crippen LogP contribution >= 0.6 is 0 Å². The number of rotatable bonds is 8. The highest BCUT2D eigenvalue weighted by Crippen LogP contribution is 2.28. The van der Waals surface area contributed by atoms with Crippen LogP contribution in [0.1, 0.15) is 12.5 Å². The van der Waals surface area contributed by atoms with Crippen LogP contribution < -0.4 is 14.8 Å². The molecule has 1 N–H and O–H groups in total. The Morgan fingerprint density at radius 2 is 1.95 bits per heavy atom. The summed E-state index contributed by atoms with van der Waals surface area (Å²) in [5.74, 6) is 1.21. The van der Waals surface area contributed by atoms with Crippen LogP contribution in [-0.4, -0.2) is 40.7 Å². The zero-order chi connectivity index (χ0) is 14.3. The molecule has 0 heterocycles. The van der Waals surface area contributed by atoms with Crippen LogP contribution in [0.2, 0.25) is 0 Å². The zero-order valence-electron chi connectivity index (χ0n) is 11.6. The molecule has 5 nitrogen and oxygen atoms in total. The monoisotopic (exact) mass is 287 g/mol. The average molecular weight is 287 g/mol. The van der Waals surface area contributed by atoms with Crippen molar-refractivity contribution in [3.05, 3.63) is 23.8 Å². The molecule has 0 unspecified atom stereocenters. The molecular weight excluding hydrogens is 266 g/mol. The van der Waals surface area contributed by atoms with Gasteiger partial charge in [0.05, 0.1) is 12.4 Å². The quantitative estimate of drug-likeness (QED) is 0.779. The van der Waals surface area contributed by atoms with Crippen molar-refractivity contribution < 1.29 is 17.9 Å². The summed E-state index contributed by atoms with van der Waals surface area (Å²) in [5, 5.41) is 3.06. The molecule has 0 radical (unpaired) electrons. The number of benzene rings is 1. The van der Waals surface area contributed by atoms with Crippen LogP contribution in [0.3, 0.4) is 0 Å². The molecule has 0 atom stereocenters. The lowest BCUT2D eigenvalue weighted by Gasteiger charge is -2.13. The molecule has 0 saturated carbocycles. The van der Waals surface area contributed by atoms with Gasteiger partial charge in [0.15, 0.2) is 21.3 Å². The van der Waals surface area contributed by atoms with E-state index in [2.05, 4.69) is 5.32 Å². The lowest BCUT2D eigenvalue weighted by atomic mass is 10.2. The Hall–Kier alpha value is -1.27. The topological polar surface area (TPSA) is 64.6 Å². The average Bonchev–Trinajstić information content (AvgIpc) is 2.31. The normalized spacial score (nSPS) is 11.3. The van der Waals surface area contributed by atoms with Gasteiger partial charge in [-0.15, -0.1) is 0 Å². The van der Waals surface area contributed by atoms with Gasteiger partial charge < -0.3 is 14.8 Å². The zero-order valence-corrected chi connectivity index (χ0v) is 12.4. The summed E-state index contributed by atoms with van der Waals surface area (Å²) < 4.78 is 33.1. The minimum absolute atomic E-state index is 0.00314. The Kier molecular flexibility index (Phi) is 6.11. The molecule has 0 aliphatic heterocycles. The van der Waals surface area contributed by atoms with E-state index < -0.39 is 9.84 Å². The molecule has 0 amide bonds. The maximum Gasteiger partial charge on any atom is 0.161 e. The largest absolute Gasteiger partial charge is 0.490 e. The smallest absolute Gasteiger partial charge is 0.161 e. The van der Waals surface area contributed by atoms with Gasteiger partial charge in [-0.2, -0.15) is 0 Å². The van der Waals surface area contributed by atoms with E-state index in [0.717, 1.165) is 12.1 Å². The summed E-state index contributed by atoms with van der Waals surface area (Å²) in [6, 6.07) is 5.63. The van der Waals surface area contributed by atoms with Crippen molar-refractivity contribution in [2.24, 2.45) is 0 Å². The van der Waals surface area contributed by atoms with Crippen molar-refractivity contribution in [3.8, 4) is 11.5 Å². The Balaban J connectivity index is 2.75. The second kappa shape index (κ2) is 7.35. The fourth-order valence-electron chi connectivity index (χ4n) is 1.56. The minimum Gasteiger partial charge on any atom is -0.490 e. The fraction of sp³-hybridized carbons (Fsp3) is 0.538. The highest BCUT2D eigenvalue weighted by atomic mass is 32.2. The van der Waals surface area contributed by atoms with E-state index in [-0.39, 0.29) is 12.4 Å². The molecule has 19 heavy (non-hydrogen) atoms. The number of sulfone groups is 1. The van der Waals surface area contributed by atoms with E-state index >= 15 is 0 Å². The van der Waals surface area contributed by atoms with Crippen LogP contribution in [0, 0.1) is 0 Å². The van der Waals surface area contributed by atoms with E-state index in [1.54, 1.807) is 6.07 Å². The summed E-state index contributed by atoms with van der Waals surface area (Å²) in [7, 11) is -1.14. The Labute approximate surface area is 114 Å². The van der Waals surface area contributed by atoms with E-state index in [4.69, 9.17) is 9.47 Å². The Morgan fingerprint density at radius 3 is 2.53 bits per heavy atom. The third-order valence-electron chi connectivity index (χ3n) is 2.40. The van der Waals surface area contributed by atoms with Crippen molar-refractivity contribution in [1.82, 2.24) is 5.32 Å². The van der Waals surface area contributed by atoms with Gasteiger partial charge in [0, 0.05) is 12.8 Å². The van der Waals surface area contributed by atoms with Crippen molar-refractivity contribution >= 4 is 9.84 Å². The summed E-state index contributed by atoms with van der Waals surface area (Å²) in [6.45, 7) is 3.30. The second-order valence-corrected chi connectivity index (χ2v) is 6.48. The van der Waals surface area contributed by atoms with Crippen LogP contribution in [0.25, 0.3) is 0 Å². The first-order valence-corrected chi connectivity index (χ1v) is 8.23. The van der Waals surface area contributed by atoms with Crippen LogP contribution in [0.15, 0.2) is 18.2 Å². The van der Waals surface area contributed by atoms with E-state index in [1.165, 1.54) is 6.26 Å². The van der Waals surface area contributed by atoms with Crippen molar-refractivity contribution in [2.75, 3.05) is 32.3 Å². The van der Waals surface area contributed by atoms with Crippen LogP contribution in [0.5, 0.6) is 11.5 Å². The Morgan fingerprint density at radius 1 is 1.21 bits per heavy atom. The van der Waals surface area contributed by atoms with Gasteiger partial charge in [-0.05, 0) is 31.7 Å². The molecule has 1 aromatic carbocycles. The highest BCUT2D eigenvalue weighted by Gasteiger charge is 2.08. The molecular formula is C13H21NO4S. The molecule has 0 spiro atoms. The van der Waals surface area contributed by atoms with Gasteiger partial charge in [0.25, 0.3) is 0 Å². The molecule has 1 rings (SSSR count). The number of ether oxygens (including phenoxy) is 2. The minimum atomic E-state index is -3.01.